The summed E-state index contributed by atoms with van der Waals surface area (Å²) in [6.45, 7) is 0. The number of primary amides is 1. The average molecular weight is 470 g/mol. The zero-order chi connectivity index (χ0) is 23.0. The molecule has 12 heteroatoms. The molecule has 1 fully saturated rings. The van der Waals surface area contributed by atoms with Crippen LogP contribution in [0.3, 0.4) is 0 Å². The largest absolute Gasteiger partial charge is 0.508 e. The number of aliphatic hydroxyl groups is 3. The standard InChI is InChI=1S/C20H20FN3O7.ClH/c1-24(2)13-8-4-6-3-7-11(9(25)5-23-18(7)21)14(26)10(6)16(28)20(8,31)17(29)12(15(13)27)19(22)30;/h5-6,8,13,25-26,29,31H,3-4H2,1-2H3,(H2,22,30);1H/t6-,8-,13-,20-;/m0./s1. The van der Waals surface area contributed by atoms with Gasteiger partial charge in [0.15, 0.2) is 11.4 Å². The van der Waals surface area contributed by atoms with Crippen LogP contribution in [0.4, 0.5) is 4.39 Å². The summed E-state index contributed by atoms with van der Waals surface area (Å²) in [5.41, 5.74) is 0.853. The summed E-state index contributed by atoms with van der Waals surface area (Å²) >= 11 is 0. The Morgan fingerprint density at radius 3 is 2.47 bits per heavy atom. The third-order valence-corrected chi connectivity index (χ3v) is 6.42. The molecule has 172 valence electrons. The van der Waals surface area contributed by atoms with E-state index in [0.717, 1.165) is 6.20 Å². The molecular weight excluding hydrogens is 449 g/mol. The number of aromatic hydroxyl groups is 1. The van der Waals surface area contributed by atoms with E-state index in [-0.39, 0.29) is 41.9 Å². The number of aliphatic hydroxyl groups excluding tert-OH is 2. The van der Waals surface area contributed by atoms with Crippen LogP contribution in [-0.4, -0.2) is 73.5 Å². The minimum Gasteiger partial charge on any atom is -0.508 e. The SMILES string of the molecule is CN(C)[C@@H]1C(=O)C(C(N)=O)=C(O)[C@@]2(O)C(=O)C3=C(O)c4c(O)cnc(F)c4C[C@H]3C[C@@H]12.Cl. The van der Waals surface area contributed by atoms with Gasteiger partial charge in [-0.05, 0) is 32.9 Å². The van der Waals surface area contributed by atoms with E-state index >= 15 is 0 Å². The maximum atomic E-state index is 14.3. The number of likely N-dealkylation sites (N-methyl/N-ethyl adjacent to an activating group) is 1. The summed E-state index contributed by atoms with van der Waals surface area (Å²) < 4.78 is 14.3. The summed E-state index contributed by atoms with van der Waals surface area (Å²) in [6, 6.07) is -1.19. The Bertz CT molecular complexity index is 1130. The van der Waals surface area contributed by atoms with Crippen LogP contribution in [-0.2, 0) is 20.8 Å². The van der Waals surface area contributed by atoms with E-state index < -0.39 is 69.7 Å². The van der Waals surface area contributed by atoms with Gasteiger partial charge in [-0.3, -0.25) is 19.3 Å². The first kappa shape index (κ1) is 23.6. The topological polar surface area (TPSA) is 174 Å². The van der Waals surface area contributed by atoms with Gasteiger partial charge in [0.2, 0.25) is 11.7 Å². The van der Waals surface area contributed by atoms with E-state index in [1.165, 1.54) is 19.0 Å². The lowest BCUT2D eigenvalue weighted by molar-refractivity contribution is -0.153. The van der Waals surface area contributed by atoms with Crippen LogP contribution < -0.4 is 5.73 Å². The maximum absolute atomic E-state index is 14.3. The number of nitrogens with zero attached hydrogens (tertiary/aromatic N) is 2. The van der Waals surface area contributed by atoms with Gasteiger partial charge in [-0.25, -0.2) is 4.98 Å². The number of amides is 1. The Labute approximate surface area is 187 Å². The van der Waals surface area contributed by atoms with E-state index in [1.807, 2.05) is 0 Å². The highest BCUT2D eigenvalue weighted by Crippen LogP contribution is 2.52. The molecule has 1 amide bonds. The molecule has 0 radical (unpaired) electrons. The molecule has 1 heterocycles. The molecule has 0 aromatic carbocycles. The van der Waals surface area contributed by atoms with Gasteiger partial charge < -0.3 is 26.2 Å². The van der Waals surface area contributed by atoms with Crippen molar-refractivity contribution in [3.63, 3.8) is 0 Å². The Morgan fingerprint density at radius 1 is 1.28 bits per heavy atom. The molecule has 32 heavy (non-hydrogen) atoms. The quantitative estimate of drug-likeness (QED) is 0.293. The van der Waals surface area contributed by atoms with Crippen LogP contribution in [0.2, 0.25) is 0 Å². The third kappa shape index (κ3) is 2.85. The lowest BCUT2D eigenvalue weighted by Gasteiger charge is -2.50. The summed E-state index contributed by atoms with van der Waals surface area (Å²) in [4.78, 5) is 43.0. The summed E-state index contributed by atoms with van der Waals surface area (Å²) in [6.07, 6.45) is 0.530. The third-order valence-electron chi connectivity index (χ3n) is 6.42. The molecule has 10 nitrogen and oxygen atoms in total. The van der Waals surface area contributed by atoms with Crippen LogP contribution in [0, 0.1) is 17.8 Å². The van der Waals surface area contributed by atoms with Gasteiger partial charge in [0.1, 0.15) is 22.8 Å². The van der Waals surface area contributed by atoms with Gasteiger partial charge >= 0.3 is 0 Å². The van der Waals surface area contributed by atoms with Crippen molar-refractivity contribution in [1.82, 2.24) is 9.88 Å². The van der Waals surface area contributed by atoms with Crippen molar-refractivity contribution in [1.29, 1.82) is 0 Å². The van der Waals surface area contributed by atoms with E-state index in [1.54, 1.807) is 0 Å². The first-order valence-electron chi connectivity index (χ1n) is 9.44. The van der Waals surface area contributed by atoms with Crippen molar-refractivity contribution in [2.24, 2.45) is 17.6 Å². The molecule has 3 aliphatic rings. The van der Waals surface area contributed by atoms with Crippen molar-refractivity contribution >= 4 is 35.6 Å². The number of Topliss-reactive ketones (excluding diaryl/α,β-unsaturated/α-hetero) is 2. The Morgan fingerprint density at radius 2 is 1.91 bits per heavy atom. The van der Waals surface area contributed by atoms with E-state index in [0.29, 0.717) is 0 Å². The number of pyridine rings is 1. The van der Waals surface area contributed by atoms with E-state index in [2.05, 4.69) is 4.98 Å². The van der Waals surface area contributed by atoms with E-state index in [9.17, 15) is 39.2 Å². The number of aromatic nitrogens is 1. The van der Waals surface area contributed by atoms with Crippen LogP contribution >= 0.6 is 12.4 Å². The Kier molecular flexibility index (Phi) is 5.57. The second-order valence-electron chi connectivity index (χ2n) is 8.25. The summed E-state index contributed by atoms with van der Waals surface area (Å²) in [7, 11) is 2.99. The minimum atomic E-state index is -2.72. The number of nitrogens with two attached hydrogens (primary N) is 1. The van der Waals surface area contributed by atoms with Crippen molar-refractivity contribution in [2.75, 3.05) is 14.1 Å². The highest BCUT2D eigenvalue weighted by atomic mass is 35.5. The molecule has 0 spiro atoms. The first-order chi connectivity index (χ1) is 14.4. The molecule has 4 atom stereocenters. The number of fused-ring (bicyclic) bond motifs is 3. The van der Waals surface area contributed by atoms with Gasteiger partial charge in [-0.2, -0.15) is 4.39 Å². The Balaban J connectivity index is 0.00000289. The number of rotatable bonds is 2. The van der Waals surface area contributed by atoms with Gasteiger partial charge in [0.25, 0.3) is 5.91 Å². The molecule has 3 aliphatic carbocycles. The lowest BCUT2D eigenvalue weighted by atomic mass is 9.57. The van der Waals surface area contributed by atoms with Crippen LogP contribution in [0.5, 0.6) is 5.75 Å². The molecule has 1 saturated carbocycles. The Hall–Kier alpha value is -3.02. The minimum absolute atomic E-state index is 0. The van der Waals surface area contributed by atoms with Crippen molar-refractivity contribution in [2.45, 2.75) is 24.5 Å². The van der Waals surface area contributed by atoms with Gasteiger partial charge in [0, 0.05) is 17.1 Å². The molecule has 0 unspecified atom stereocenters. The number of ketones is 2. The van der Waals surface area contributed by atoms with Crippen LogP contribution in [0.1, 0.15) is 17.5 Å². The molecular formula is C20H21ClFN3O7. The molecule has 0 saturated heterocycles. The second kappa shape index (κ2) is 7.54. The van der Waals surface area contributed by atoms with Gasteiger partial charge in [-0.15, -0.1) is 12.4 Å². The number of carbonyl (C=O) groups excluding carboxylic acids is 3. The highest BCUT2D eigenvalue weighted by molar-refractivity contribution is 6.24. The highest BCUT2D eigenvalue weighted by Gasteiger charge is 2.64. The predicted octanol–water partition coefficient (Wildman–Crippen LogP) is -0.0801. The number of carbonyl (C=O) groups is 3. The zero-order valence-electron chi connectivity index (χ0n) is 17.0. The number of hydrogen-bond donors (Lipinski definition) is 5. The summed E-state index contributed by atoms with van der Waals surface area (Å²) in [5.74, 6) is -8.78. The fourth-order valence-electron chi connectivity index (χ4n) is 5.10. The molecule has 0 aliphatic heterocycles. The second-order valence-corrected chi connectivity index (χ2v) is 8.25. The molecule has 4 rings (SSSR count). The zero-order valence-corrected chi connectivity index (χ0v) is 17.8. The first-order valence-corrected chi connectivity index (χ1v) is 9.44. The maximum Gasteiger partial charge on any atom is 0.255 e. The number of hydrogen-bond acceptors (Lipinski definition) is 9. The van der Waals surface area contributed by atoms with Gasteiger partial charge in [0.05, 0.1) is 17.8 Å². The van der Waals surface area contributed by atoms with Crippen LogP contribution in [0.15, 0.2) is 23.1 Å². The number of halogens is 2. The van der Waals surface area contributed by atoms with Gasteiger partial charge in [-0.1, -0.05) is 0 Å². The predicted molar refractivity (Wildman–Crippen MR) is 109 cm³/mol. The van der Waals surface area contributed by atoms with E-state index in [4.69, 9.17) is 5.73 Å². The van der Waals surface area contributed by atoms with Crippen LogP contribution in [0.25, 0.3) is 5.76 Å². The molecule has 6 N–H and O–H groups in total. The fourth-order valence-corrected chi connectivity index (χ4v) is 5.10. The normalized spacial score (nSPS) is 29.3. The molecule has 1 aromatic rings. The average Bonchev–Trinajstić information content (AvgIpc) is 2.67. The van der Waals surface area contributed by atoms with Crippen molar-refractivity contribution in [3.05, 3.63) is 40.2 Å². The molecule has 0 bridgehead atoms. The van der Waals surface area contributed by atoms with Crippen molar-refractivity contribution in [3.8, 4) is 5.75 Å². The monoisotopic (exact) mass is 469 g/mol. The van der Waals surface area contributed by atoms with Crippen molar-refractivity contribution < 1.29 is 39.2 Å². The molecule has 1 aromatic heterocycles. The lowest BCUT2D eigenvalue weighted by Crippen LogP contribution is -2.65. The summed E-state index contributed by atoms with van der Waals surface area (Å²) in [5, 5.41) is 42.8. The smallest absolute Gasteiger partial charge is 0.255 e. The fraction of sp³-hybridized carbons (Fsp3) is 0.400.